The molecule has 0 unspecified atom stereocenters. The molecule has 0 saturated carbocycles. The Bertz CT molecular complexity index is 850. The largest absolute Gasteiger partial charge is 0.482 e. The molecule has 0 saturated heterocycles. The standard InChI is InChI=1S/C17H18N2O4S/c1-2-10-19-15-11-13(8-9-16(15)23-12-17(19)20)18-24(21,22)14-6-4-3-5-7-14/h3-9,11,18H,2,10,12H2,1H3. The summed E-state index contributed by atoms with van der Waals surface area (Å²) in [6.07, 6.45) is 0.797. The molecule has 0 spiro atoms. The van der Waals surface area contributed by atoms with E-state index in [1.807, 2.05) is 6.92 Å². The van der Waals surface area contributed by atoms with Crippen molar-refractivity contribution in [3.05, 3.63) is 48.5 Å². The van der Waals surface area contributed by atoms with Gasteiger partial charge in [0.05, 0.1) is 16.3 Å². The van der Waals surface area contributed by atoms with Gasteiger partial charge < -0.3 is 9.64 Å². The van der Waals surface area contributed by atoms with E-state index in [1.54, 1.807) is 41.3 Å². The molecule has 1 N–H and O–H groups in total. The van der Waals surface area contributed by atoms with Gasteiger partial charge in [0.2, 0.25) is 0 Å². The second kappa shape index (κ2) is 6.52. The fraction of sp³-hybridized carbons (Fsp3) is 0.235. The van der Waals surface area contributed by atoms with Crippen LogP contribution in [0.25, 0.3) is 0 Å². The van der Waals surface area contributed by atoms with Gasteiger partial charge in [-0.1, -0.05) is 25.1 Å². The Morgan fingerprint density at radius 2 is 1.92 bits per heavy atom. The summed E-state index contributed by atoms with van der Waals surface area (Å²) < 4.78 is 32.8. The number of nitrogens with zero attached hydrogens (tertiary/aromatic N) is 1. The van der Waals surface area contributed by atoms with E-state index in [-0.39, 0.29) is 17.4 Å². The number of rotatable bonds is 5. The maximum Gasteiger partial charge on any atom is 0.265 e. The highest BCUT2D eigenvalue weighted by Gasteiger charge is 2.25. The van der Waals surface area contributed by atoms with Crippen LogP contribution in [0.5, 0.6) is 5.75 Å². The molecule has 126 valence electrons. The fourth-order valence-corrected chi connectivity index (χ4v) is 3.62. The Labute approximate surface area is 141 Å². The third-order valence-electron chi connectivity index (χ3n) is 3.65. The van der Waals surface area contributed by atoms with E-state index in [4.69, 9.17) is 4.74 Å². The van der Waals surface area contributed by atoms with Crippen molar-refractivity contribution in [3.8, 4) is 5.75 Å². The van der Waals surface area contributed by atoms with Crippen LogP contribution in [0, 0.1) is 0 Å². The Hall–Kier alpha value is -2.54. The van der Waals surface area contributed by atoms with Crippen molar-refractivity contribution in [1.29, 1.82) is 0 Å². The summed E-state index contributed by atoms with van der Waals surface area (Å²) in [6.45, 7) is 2.54. The average molecular weight is 346 g/mol. The monoisotopic (exact) mass is 346 g/mol. The first-order chi connectivity index (χ1) is 11.5. The summed E-state index contributed by atoms with van der Waals surface area (Å²) in [4.78, 5) is 13.8. The number of ether oxygens (including phenoxy) is 1. The highest BCUT2D eigenvalue weighted by atomic mass is 32.2. The smallest absolute Gasteiger partial charge is 0.265 e. The first-order valence-corrected chi connectivity index (χ1v) is 9.14. The van der Waals surface area contributed by atoms with E-state index < -0.39 is 10.0 Å². The summed E-state index contributed by atoms with van der Waals surface area (Å²) in [5, 5.41) is 0. The van der Waals surface area contributed by atoms with Crippen LogP contribution in [-0.2, 0) is 14.8 Å². The van der Waals surface area contributed by atoms with Crippen molar-refractivity contribution in [3.63, 3.8) is 0 Å². The van der Waals surface area contributed by atoms with Crippen molar-refractivity contribution < 1.29 is 17.9 Å². The van der Waals surface area contributed by atoms with Crippen LogP contribution in [0.3, 0.4) is 0 Å². The molecule has 2 aromatic carbocycles. The van der Waals surface area contributed by atoms with Crippen molar-refractivity contribution in [2.45, 2.75) is 18.2 Å². The van der Waals surface area contributed by atoms with Crippen molar-refractivity contribution >= 4 is 27.3 Å². The zero-order chi connectivity index (χ0) is 17.2. The molecule has 0 bridgehead atoms. The molecule has 6 nitrogen and oxygen atoms in total. The summed E-state index contributed by atoms with van der Waals surface area (Å²) >= 11 is 0. The van der Waals surface area contributed by atoms with Crippen molar-refractivity contribution in [2.75, 3.05) is 22.8 Å². The number of sulfonamides is 1. The van der Waals surface area contributed by atoms with Crippen LogP contribution in [0.4, 0.5) is 11.4 Å². The lowest BCUT2D eigenvalue weighted by atomic mass is 10.2. The third-order valence-corrected chi connectivity index (χ3v) is 5.05. The van der Waals surface area contributed by atoms with E-state index in [1.165, 1.54) is 12.1 Å². The van der Waals surface area contributed by atoms with Crippen LogP contribution in [0.1, 0.15) is 13.3 Å². The van der Waals surface area contributed by atoms with Crippen LogP contribution in [-0.4, -0.2) is 27.5 Å². The number of hydrogen-bond donors (Lipinski definition) is 1. The van der Waals surface area contributed by atoms with E-state index >= 15 is 0 Å². The lowest BCUT2D eigenvalue weighted by molar-refractivity contribution is -0.121. The molecule has 3 rings (SSSR count). The number of fused-ring (bicyclic) bond motifs is 1. The van der Waals surface area contributed by atoms with Crippen LogP contribution in [0.2, 0.25) is 0 Å². The number of amides is 1. The first-order valence-electron chi connectivity index (χ1n) is 7.66. The van der Waals surface area contributed by atoms with Gasteiger partial charge in [0, 0.05) is 6.54 Å². The minimum Gasteiger partial charge on any atom is -0.482 e. The van der Waals surface area contributed by atoms with Gasteiger partial charge in [0.25, 0.3) is 15.9 Å². The molecular formula is C17H18N2O4S. The Kier molecular flexibility index (Phi) is 4.44. The van der Waals surface area contributed by atoms with Gasteiger partial charge in [-0.3, -0.25) is 9.52 Å². The number of anilines is 2. The minimum atomic E-state index is -3.68. The van der Waals surface area contributed by atoms with Crippen molar-refractivity contribution in [1.82, 2.24) is 0 Å². The van der Waals surface area contributed by atoms with Gasteiger partial charge in [-0.15, -0.1) is 0 Å². The molecule has 0 aromatic heterocycles. The van der Waals surface area contributed by atoms with Gasteiger partial charge >= 0.3 is 0 Å². The molecule has 0 aliphatic carbocycles. The molecule has 2 aromatic rings. The second-order valence-electron chi connectivity index (χ2n) is 5.44. The molecule has 7 heteroatoms. The summed E-state index contributed by atoms with van der Waals surface area (Å²) in [5.41, 5.74) is 0.971. The number of nitrogens with one attached hydrogen (secondary N) is 1. The molecule has 1 aliphatic rings. The molecule has 1 heterocycles. The highest BCUT2D eigenvalue weighted by molar-refractivity contribution is 7.92. The van der Waals surface area contributed by atoms with E-state index in [9.17, 15) is 13.2 Å². The molecule has 24 heavy (non-hydrogen) atoms. The Balaban J connectivity index is 1.92. The first kappa shape index (κ1) is 16.3. The third kappa shape index (κ3) is 3.21. The zero-order valence-electron chi connectivity index (χ0n) is 13.2. The molecule has 1 aliphatic heterocycles. The van der Waals surface area contributed by atoms with Crippen LogP contribution < -0.4 is 14.4 Å². The number of carbonyl (C=O) groups excluding carboxylic acids is 1. The summed E-state index contributed by atoms with van der Waals surface area (Å²) in [5.74, 6) is 0.443. The molecule has 0 atom stereocenters. The zero-order valence-corrected chi connectivity index (χ0v) is 14.0. The fourth-order valence-electron chi connectivity index (χ4n) is 2.55. The van der Waals surface area contributed by atoms with Gasteiger partial charge in [0.1, 0.15) is 5.75 Å². The molecular weight excluding hydrogens is 328 g/mol. The summed E-state index contributed by atoms with van der Waals surface area (Å²) in [7, 11) is -3.68. The SMILES string of the molecule is CCCN1C(=O)COc2ccc(NS(=O)(=O)c3ccccc3)cc21. The predicted molar refractivity (Wildman–Crippen MR) is 91.8 cm³/mol. The van der Waals surface area contributed by atoms with Crippen molar-refractivity contribution in [2.24, 2.45) is 0 Å². The van der Waals surface area contributed by atoms with E-state index in [2.05, 4.69) is 4.72 Å². The quantitative estimate of drug-likeness (QED) is 0.903. The molecule has 1 amide bonds. The normalized spacial score (nSPS) is 14.0. The van der Waals surface area contributed by atoms with Gasteiger partial charge in [0.15, 0.2) is 6.61 Å². The lowest BCUT2D eigenvalue weighted by Gasteiger charge is -2.29. The molecule has 0 fully saturated rings. The number of carbonyl (C=O) groups is 1. The average Bonchev–Trinajstić information content (AvgIpc) is 2.58. The maximum absolute atomic E-state index is 12.4. The van der Waals surface area contributed by atoms with Gasteiger partial charge in [-0.2, -0.15) is 0 Å². The Morgan fingerprint density at radius 1 is 1.17 bits per heavy atom. The summed E-state index contributed by atoms with van der Waals surface area (Å²) in [6, 6.07) is 13.1. The second-order valence-corrected chi connectivity index (χ2v) is 7.12. The van der Waals surface area contributed by atoms with E-state index in [0.29, 0.717) is 23.7 Å². The van der Waals surface area contributed by atoms with E-state index in [0.717, 1.165) is 6.42 Å². The topological polar surface area (TPSA) is 75.7 Å². The molecule has 0 radical (unpaired) electrons. The van der Waals surface area contributed by atoms with Crippen LogP contribution >= 0.6 is 0 Å². The Morgan fingerprint density at radius 3 is 2.62 bits per heavy atom. The maximum atomic E-state index is 12.4. The minimum absolute atomic E-state index is 0.00207. The van der Waals surface area contributed by atoms with Gasteiger partial charge in [-0.05, 0) is 36.8 Å². The highest BCUT2D eigenvalue weighted by Crippen LogP contribution is 2.35. The predicted octanol–water partition coefficient (Wildman–Crippen LogP) is 2.62. The lowest BCUT2D eigenvalue weighted by Crippen LogP contribution is -2.39. The number of hydrogen-bond acceptors (Lipinski definition) is 4. The van der Waals surface area contributed by atoms with Crippen LogP contribution in [0.15, 0.2) is 53.4 Å². The number of benzene rings is 2. The van der Waals surface area contributed by atoms with Gasteiger partial charge in [-0.25, -0.2) is 8.42 Å².